The van der Waals surface area contributed by atoms with E-state index in [1.165, 1.54) is 58.3 Å². The highest BCUT2D eigenvalue weighted by Gasteiger charge is 2.15. The Morgan fingerprint density at radius 2 is 0.952 bits per heavy atom. The lowest BCUT2D eigenvalue weighted by Gasteiger charge is -2.22. The van der Waals surface area contributed by atoms with E-state index in [2.05, 4.69) is 136 Å². The summed E-state index contributed by atoms with van der Waals surface area (Å²) in [4.78, 5) is 0. The zero-order chi connectivity index (χ0) is 31.8. The standard InChI is InChI=1S/C41H66O/c1-34(2)20-14-23-37(5)26-17-29-38(6)27-15-24-35(3)21-12-13-22-36(4)25-16-28-39(7)30-18-31-40(8)32-19-33-41(9,10)42-11/h12-13,15,20-22,24,26-28,31H,14,16-19,23,25,29-30,32-33H2,1-11H3/b13-12+,24-15+,35-21+,36-22+,37-26-,38-27-,39-28-,40-31+. The second-order valence-electron chi connectivity index (χ2n) is 13.1. The lowest BCUT2D eigenvalue weighted by atomic mass is 9.98. The van der Waals surface area contributed by atoms with Crippen molar-refractivity contribution in [1.29, 1.82) is 0 Å². The molecule has 0 fully saturated rings. The molecule has 0 atom stereocenters. The Labute approximate surface area is 262 Å². The SMILES string of the molecule is COC(C)(C)CCC/C(C)=C/CC/C(C)=C\CC/C(C)=C/C=C/C=C(C)/C=C/C=C(/C)CC/C=C(/C)CCC=C(C)C. The fraction of sp³-hybridized carbons (Fsp3) is 0.561. The third-order valence-electron chi connectivity index (χ3n) is 7.68. The Morgan fingerprint density at radius 1 is 0.524 bits per heavy atom. The Morgan fingerprint density at radius 3 is 1.45 bits per heavy atom. The Balaban J connectivity index is 4.38. The number of hydrogen-bond acceptors (Lipinski definition) is 1. The zero-order valence-corrected chi connectivity index (χ0v) is 29.5. The molecule has 0 saturated carbocycles. The van der Waals surface area contributed by atoms with E-state index in [0.717, 1.165) is 51.4 Å². The molecule has 236 valence electrons. The van der Waals surface area contributed by atoms with E-state index >= 15 is 0 Å². The highest BCUT2D eigenvalue weighted by atomic mass is 16.5. The van der Waals surface area contributed by atoms with E-state index in [0.29, 0.717) is 0 Å². The van der Waals surface area contributed by atoms with Gasteiger partial charge >= 0.3 is 0 Å². The molecule has 0 N–H and O–H groups in total. The van der Waals surface area contributed by atoms with Crippen LogP contribution in [0.1, 0.15) is 140 Å². The summed E-state index contributed by atoms with van der Waals surface area (Å²) >= 11 is 0. The first-order chi connectivity index (χ1) is 19.8. The van der Waals surface area contributed by atoms with Crippen LogP contribution in [0.4, 0.5) is 0 Å². The van der Waals surface area contributed by atoms with Gasteiger partial charge in [-0.05, 0) is 140 Å². The fourth-order valence-electron chi connectivity index (χ4n) is 4.44. The van der Waals surface area contributed by atoms with Gasteiger partial charge in [0.2, 0.25) is 0 Å². The maximum atomic E-state index is 5.52. The van der Waals surface area contributed by atoms with Crippen LogP contribution in [0.15, 0.2) is 106 Å². The van der Waals surface area contributed by atoms with Crippen molar-refractivity contribution < 1.29 is 4.74 Å². The molecule has 0 saturated heterocycles. The van der Waals surface area contributed by atoms with Gasteiger partial charge in [-0.3, -0.25) is 0 Å². The monoisotopic (exact) mass is 575 g/mol. The molecule has 1 heteroatoms. The van der Waals surface area contributed by atoms with Gasteiger partial charge in [-0.15, -0.1) is 0 Å². The Hall–Kier alpha value is -2.38. The summed E-state index contributed by atoms with van der Waals surface area (Å²) in [6.45, 7) is 22.1. The molecular weight excluding hydrogens is 508 g/mol. The molecule has 0 heterocycles. The molecule has 1 nitrogen and oxygen atoms in total. The number of hydrogen-bond donors (Lipinski definition) is 0. The van der Waals surface area contributed by atoms with Crippen LogP contribution >= 0.6 is 0 Å². The quantitative estimate of drug-likeness (QED) is 0.0978. The molecule has 0 radical (unpaired) electrons. The van der Waals surface area contributed by atoms with Crippen molar-refractivity contribution in [2.24, 2.45) is 0 Å². The molecule has 42 heavy (non-hydrogen) atoms. The normalized spacial score (nSPS) is 14.9. The van der Waals surface area contributed by atoms with Crippen LogP contribution in [0, 0.1) is 0 Å². The second kappa shape index (κ2) is 24.1. The lowest BCUT2D eigenvalue weighted by Crippen LogP contribution is -2.21. The number of rotatable bonds is 21. The summed E-state index contributed by atoms with van der Waals surface area (Å²) in [6.07, 6.45) is 37.5. The van der Waals surface area contributed by atoms with Gasteiger partial charge in [-0.2, -0.15) is 0 Å². The molecule has 0 aromatic carbocycles. The molecule has 0 aromatic rings. The van der Waals surface area contributed by atoms with Crippen LogP contribution in [-0.4, -0.2) is 12.7 Å². The van der Waals surface area contributed by atoms with Crippen LogP contribution in [0.5, 0.6) is 0 Å². The van der Waals surface area contributed by atoms with Gasteiger partial charge in [0.25, 0.3) is 0 Å². The van der Waals surface area contributed by atoms with E-state index in [9.17, 15) is 0 Å². The number of ether oxygens (including phenoxy) is 1. The van der Waals surface area contributed by atoms with Gasteiger partial charge in [0.15, 0.2) is 0 Å². The minimum Gasteiger partial charge on any atom is -0.379 e. The second-order valence-corrected chi connectivity index (χ2v) is 13.1. The van der Waals surface area contributed by atoms with E-state index in [1.54, 1.807) is 7.11 Å². The minimum absolute atomic E-state index is 0.00563. The maximum Gasteiger partial charge on any atom is 0.0622 e. The lowest BCUT2D eigenvalue weighted by molar-refractivity contribution is 0.0140. The van der Waals surface area contributed by atoms with Crippen LogP contribution in [0.3, 0.4) is 0 Å². The van der Waals surface area contributed by atoms with Crippen LogP contribution in [0.2, 0.25) is 0 Å². The smallest absolute Gasteiger partial charge is 0.0622 e. The molecule has 0 spiro atoms. The van der Waals surface area contributed by atoms with Crippen molar-refractivity contribution in [1.82, 2.24) is 0 Å². The molecule has 0 amide bonds. The van der Waals surface area contributed by atoms with Crippen LogP contribution in [0.25, 0.3) is 0 Å². The molecule has 0 rings (SSSR count). The average molecular weight is 575 g/mol. The van der Waals surface area contributed by atoms with Crippen LogP contribution in [-0.2, 0) is 4.74 Å². The van der Waals surface area contributed by atoms with Gasteiger partial charge in [0.05, 0.1) is 5.60 Å². The third-order valence-corrected chi connectivity index (χ3v) is 7.68. The van der Waals surface area contributed by atoms with Crippen LogP contribution < -0.4 is 0 Å². The first kappa shape index (κ1) is 39.6. The van der Waals surface area contributed by atoms with Gasteiger partial charge < -0.3 is 4.74 Å². The van der Waals surface area contributed by atoms with Crippen molar-refractivity contribution in [3.63, 3.8) is 0 Å². The molecule has 0 aromatic heterocycles. The summed E-state index contributed by atoms with van der Waals surface area (Å²) in [5, 5.41) is 0. The first-order valence-corrected chi connectivity index (χ1v) is 16.3. The van der Waals surface area contributed by atoms with Crippen molar-refractivity contribution in [3.8, 4) is 0 Å². The summed E-state index contributed by atoms with van der Waals surface area (Å²) in [6, 6.07) is 0. The molecule has 0 bridgehead atoms. The minimum atomic E-state index is -0.00563. The van der Waals surface area contributed by atoms with Crippen molar-refractivity contribution >= 4 is 0 Å². The zero-order valence-electron chi connectivity index (χ0n) is 29.5. The molecule has 0 aliphatic heterocycles. The van der Waals surface area contributed by atoms with Crippen molar-refractivity contribution in [2.45, 2.75) is 145 Å². The molecule has 0 aliphatic rings. The number of methoxy groups -OCH3 is 1. The summed E-state index contributed by atoms with van der Waals surface area (Å²) in [5.74, 6) is 0. The molecule has 0 aliphatic carbocycles. The highest BCUT2D eigenvalue weighted by Crippen LogP contribution is 2.20. The largest absolute Gasteiger partial charge is 0.379 e. The Kier molecular flexibility index (Phi) is 22.7. The van der Waals surface area contributed by atoms with Gasteiger partial charge in [0.1, 0.15) is 0 Å². The Bertz CT molecular complexity index is 1020. The van der Waals surface area contributed by atoms with E-state index in [-0.39, 0.29) is 5.60 Å². The third kappa shape index (κ3) is 25.3. The number of allylic oxidation sites excluding steroid dienone is 18. The van der Waals surface area contributed by atoms with Crippen molar-refractivity contribution in [2.75, 3.05) is 7.11 Å². The predicted molar refractivity (Wildman–Crippen MR) is 192 cm³/mol. The van der Waals surface area contributed by atoms with E-state index < -0.39 is 0 Å². The first-order valence-electron chi connectivity index (χ1n) is 16.3. The summed E-state index contributed by atoms with van der Waals surface area (Å²) in [7, 11) is 1.81. The van der Waals surface area contributed by atoms with Gasteiger partial charge in [0, 0.05) is 7.11 Å². The van der Waals surface area contributed by atoms with Gasteiger partial charge in [-0.1, -0.05) is 106 Å². The molecular formula is C41H66O. The fourth-order valence-corrected chi connectivity index (χ4v) is 4.44. The topological polar surface area (TPSA) is 9.23 Å². The summed E-state index contributed by atoms with van der Waals surface area (Å²) < 4.78 is 5.52. The predicted octanol–water partition coefficient (Wildman–Crippen LogP) is 13.5. The maximum absolute atomic E-state index is 5.52. The van der Waals surface area contributed by atoms with E-state index in [1.807, 2.05) is 0 Å². The summed E-state index contributed by atoms with van der Waals surface area (Å²) in [5.41, 5.74) is 10.0. The average Bonchev–Trinajstić information content (AvgIpc) is 2.91. The van der Waals surface area contributed by atoms with Gasteiger partial charge in [-0.25, -0.2) is 0 Å². The van der Waals surface area contributed by atoms with Crippen molar-refractivity contribution in [3.05, 3.63) is 106 Å². The highest BCUT2D eigenvalue weighted by molar-refractivity contribution is 5.27. The molecule has 0 unspecified atom stereocenters. The van der Waals surface area contributed by atoms with E-state index in [4.69, 9.17) is 4.74 Å².